The summed E-state index contributed by atoms with van der Waals surface area (Å²) in [6.07, 6.45) is 0. The van der Waals surface area contributed by atoms with E-state index in [1.165, 1.54) is 13.1 Å². The normalized spacial score (nSPS) is 24.2. The zero-order valence-corrected chi connectivity index (χ0v) is 8.48. The number of nitrogens with one attached hydrogen (secondary N) is 2. The number of hydrogen-bond acceptors (Lipinski definition) is 3. The maximum absolute atomic E-state index is 3.50. The Morgan fingerprint density at radius 1 is 1.50 bits per heavy atom. The van der Waals surface area contributed by atoms with E-state index in [4.69, 9.17) is 0 Å². The molecule has 0 saturated carbocycles. The molecule has 0 aliphatic carbocycles. The standard InChI is InChI=1S/C9H21N3/c1-9(2)8-12(6-4-10-3)7-5-11-9/h10-11H,4-8H2,1-3H3. The van der Waals surface area contributed by atoms with Crippen LogP contribution in [0, 0.1) is 0 Å². The van der Waals surface area contributed by atoms with Gasteiger partial charge >= 0.3 is 0 Å². The van der Waals surface area contributed by atoms with Crippen molar-refractivity contribution in [3.63, 3.8) is 0 Å². The average molecular weight is 171 g/mol. The molecule has 1 heterocycles. The lowest BCUT2D eigenvalue weighted by atomic mass is 10.0. The average Bonchev–Trinajstić information content (AvgIpc) is 1.99. The Morgan fingerprint density at radius 3 is 2.83 bits per heavy atom. The van der Waals surface area contributed by atoms with E-state index in [9.17, 15) is 0 Å². The van der Waals surface area contributed by atoms with E-state index in [2.05, 4.69) is 29.4 Å². The van der Waals surface area contributed by atoms with E-state index in [0.717, 1.165) is 19.6 Å². The second-order valence-electron chi connectivity index (χ2n) is 4.19. The fraction of sp³-hybridized carbons (Fsp3) is 1.00. The monoisotopic (exact) mass is 171 g/mol. The number of likely N-dealkylation sites (N-methyl/N-ethyl adjacent to an activating group) is 1. The predicted molar refractivity (Wildman–Crippen MR) is 52.4 cm³/mol. The molecule has 0 amide bonds. The summed E-state index contributed by atoms with van der Waals surface area (Å²) in [4.78, 5) is 2.51. The molecule has 72 valence electrons. The third kappa shape index (κ3) is 3.09. The first kappa shape index (κ1) is 9.96. The summed E-state index contributed by atoms with van der Waals surface area (Å²) < 4.78 is 0. The van der Waals surface area contributed by atoms with Crippen molar-refractivity contribution in [2.75, 3.05) is 39.8 Å². The van der Waals surface area contributed by atoms with Crippen LogP contribution in [0.1, 0.15) is 13.8 Å². The van der Waals surface area contributed by atoms with Crippen molar-refractivity contribution in [1.29, 1.82) is 0 Å². The van der Waals surface area contributed by atoms with Crippen molar-refractivity contribution >= 4 is 0 Å². The molecule has 0 bridgehead atoms. The zero-order valence-electron chi connectivity index (χ0n) is 8.48. The van der Waals surface area contributed by atoms with Crippen molar-refractivity contribution < 1.29 is 0 Å². The minimum absolute atomic E-state index is 0.298. The van der Waals surface area contributed by atoms with Crippen molar-refractivity contribution in [2.24, 2.45) is 0 Å². The van der Waals surface area contributed by atoms with E-state index in [1.807, 2.05) is 7.05 Å². The van der Waals surface area contributed by atoms with E-state index in [0.29, 0.717) is 5.54 Å². The summed E-state index contributed by atoms with van der Waals surface area (Å²) in [6, 6.07) is 0. The molecule has 1 rings (SSSR count). The third-order valence-electron chi connectivity index (χ3n) is 2.33. The molecule has 0 spiro atoms. The third-order valence-corrected chi connectivity index (χ3v) is 2.33. The van der Waals surface area contributed by atoms with E-state index < -0.39 is 0 Å². The molecule has 3 nitrogen and oxygen atoms in total. The van der Waals surface area contributed by atoms with Crippen molar-refractivity contribution in [2.45, 2.75) is 19.4 Å². The molecule has 3 heteroatoms. The summed E-state index contributed by atoms with van der Waals surface area (Å²) in [5, 5.41) is 6.68. The Hall–Kier alpha value is -0.120. The fourth-order valence-corrected chi connectivity index (χ4v) is 1.71. The van der Waals surface area contributed by atoms with Crippen LogP contribution < -0.4 is 10.6 Å². The summed E-state index contributed by atoms with van der Waals surface area (Å²) >= 11 is 0. The van der Waals surface area contributed by atoms with E-state index in [1.54, 1.807) is 0 Å². The van der Waals surface area contributed by atoms with Gasteiger partial charge < -0.3 is 10.6 Å². The van der Waals surface area contributed by atoms with Crippen LogP contribution in [0.4, 0.5) is 0 Å². The van der Waals surface area contributed by atoms with Crippen LogP contribution >= 0.6 is 0 Å². The minimum atomic E-state index is 0.298. The molecule has 0 aromatic rings. The predicted octanol–water partition coefficient (Wildman–Crippen LogP) is -0.110. The minimum Gasteiger partial charge on any atom is -0.318 e. The maximum atomic E-state index is 3.50. The van der Waals surface area contributed by atoms with Gasteiger partial charge in [-0.15, -0.1) is 0 Å². The number of piperazine rings is 1. The van der Waals surface area contributed by atoms with Crippen LogP contribution in [0.25, 0.3) is 0 Å². The van der Waals surface area contributed by atoms with Crippen LogP contribution in [0.2, 0.25) is 0 Å². The highest BCUT2D eigenvalue weighted by molar-refractivity contribution is 4.86. The lowest BCUT2D eigenvalue weighted by molar-refractivity contribution is 0.156. The quantitative estimate of drug-likeness (QED) is 0.620. The molecule has 1 fully saturated rings. The van der Waals surface area contributed by atoms with Crippen LogP contribution in [-0.4, -0.2) is 50.2 Å². The Labute approximate surface area is 75.5 Å². The zero-order chi connectivity index (χ0) is 9.03. The van der Waals surface area contributed by atoms with E-state index in [-0.39, 0.29) is 0 Å². The lowest BCUT2D eigenvalue weighted by Gasteiger charge is -2.39. The highest BCUT2D eigenvalue weighted by Gasteiger charge is 2.24. The molecule has 1 saturated heterocycles. The fourth-order valence-electron chi connectivity index (χ4n) is 1.71. The summed E-state index contributed by atoms with van der Waals surface area (Å²) in [6.45, 7) is 10.3. The van der Waals surface area contributed by atoms with Gasteiger partial charge in [0.2, 0.25) is 0 Å². The Balaban J connectivity index is 2.26. The summed E-state index contributed by atoms with van der Waals surface area (Å²) in [5.74, 6) is 0. The van der Waals surface area contributed by atoms with Gasteiger partial charge in [0, 0.05) is 38.3 Å². The first-order chi connectivity index (χ1) is 5.64. The first-order valence-corrected chi connectivity index (χ1v) is 4.76. The Kier molecular flexibility index (Phi) is 3.50. The molecular weight excluding hydrogens is 150 g/mol. The van der Waals surface area contributed by atoms with Gasteiger partial charge in [-0.25, -0.2) is 0 Å². The second-order valence-corrected chi connectivity index (χ2v) is 4.19. The summed E-state index contributed by atoms with van der Waals surface area (Å²) in [5.41, 5.74) is 0.298. The van der Waals surface area contributed by atoms with Crippen molar-refractivity contribution in [3.05, 3.63) is 0 Å². The molecule has 2 N–H and O–H groups in total. The maximum Gasteiger partial charge on any atom is 0.0252 e. The van der Waals surface area contributed by atoms with Gasteiger partial charge in [0.05, 0.1) is 0 Å². The van der Waals surface area contributed by atoms with Gasteiger partial charge in [0.1, 0.15) is 0 Å². The lowest BCUT2D eigenvalue weighted by Crippen LogP contribution is -2.57. The molecule has 0 atom stereocenters. The Bertz CT molecular complexity index is 134. The van der Waals surface area contributed by atoms with Gasteiger partial charge in [-0.1, -0.05) is 0 Å². The highest BCUT2D eigenvalue weighted by Crippen LogP contribution is 2.08. The SMILES string of the molecule is CNCCN1CCNC(C)(C)C1. The number of hydrogen-bond donors (Lipinski definition) is 2. The molecule has 1 aliphatic rings. The molecule has 0 aromatic heterocycles. The first-order valence-electron chi connectivity index (χ1n) is 4.76. The van der Waals surface area contributed by atoms with Crippen molar-refractivity contribution in [3.8, 4) is 0 Å². The van der Waals surface area contributed by atoms with E-state index >= 15 is 0 Å². The number of rotatable bonds is 3. The number of nitrogens with zero attached hydrogens (tertiary/aromatic N) is 1. The van der Waals surface area contributed by atoms with Crippen molar-refractivity contribution in [1.82, 2.24) is 15.5 Å². The van der Waals surface area contributed by atoms with Crippen LogP contribution in [0.15, 0.2) is 0 Å². The highest BCUT2D eigenvalue weighted by atomic mass is 15.2. The molecule has 1 aliphatic heterocycles. The molecule has 0 unspecified atom stereocenters. The smallest absolute Gasteiger partial charge is 0.0252 e. The largest absolute Gasteiger partial charge is 0.318 e. The molecule has 0 aromatic carbocycles. The second kappa shape index (κ2) is 4.21. The van der Waals surface area contributed by atoms with Crippen LogP contribution in [-0.2, 0) is 0 Å². The van der Waals surface area contributed by atoms with Gasteiger partial charge in [-0.05, 0) is 20.9 Å². The van der Waals surface area contributed by atoms with Crippen LogP contribution in [0.3, 0.4) is 0 Å². The molecular formula is C9H21N3. The van der Waals surface area contributed by atoms with Crippen LogP contribution in [0.5, 0.6) is 0 Å². The van der Waals surface area contributed by atoms with Gasteiger partial charge in [-0.3, -0.25) is 4.90 Å². The molecule has 0 radical (unpaired) electrons. The summed E-state index contributed by atoms with van der Waals surface area (Å²) in [7, 11) is 2.01. The topological polar surface area (TPSA) is 27.3 Å². The van der Waals surface area contributed by atoms with Gasteiger partial charge in [0.15, 0.2) is 0 Å². The Morgan fingerprint density at radius 2 is 2.25 bits per heavy atom. The van der Waals surface area contributed by atoms with Gasteiger partial charge in [0.25, 0.3) is 0 Å². The van der Waals surface area contributed by atoms with Gasteiger partial charge in [-0.2, -0.15) is 0 Å². The molecule has 12 heavy (non-hydrogen) atoms.